The standard InChI is InChI=1S/C26H18N2/c1-13-5-7-19-24-18(12-28)10-16(4)22-14(2)6-8-20(26(22)24)23-17(11-27)9-15(3)21(13)25(19)23/h5-10H,1-4H3. The Morgan fingerprint density at radius 2 is 0.893 bits per heavy atom. The van der Waals surface area contributed by atoms with Crippen LogP contribution in [0.5, 0.6) is 0 Å². The highest BCUT2D eigenvalue weighted by atomic mass is 14.3. The van der Waals surface area contributed by atoms with Gasteiger partial charge in [-0.1, -0.05) is 24.3 Å². The molecule has 0 spiro atoms. The molecule has 0 aliphatic carbocycles. The summed E-state index contributed by atoms with van der Waals surface area (Å²) in [6.45, 7) is 8.36. The summed E-state index contributed by atoms with van der Waals surface area (Å²) in [6.07, 6.45) is 0. The van der Waals surface area contributed by atoms with Crippen molar-refractivity contribution in [3.05, 3.63) is 69.8 Å². The molecule has 0 saturated carbocycles. The third-order valence-electron chi connectivity index (χ3n) is 6.16. The maximum atomic E-state index is 9.93. The van der Waals surface area contributed by atoms with Crippen LogP contribution in [0.4, 0.5) is 0 Å². The third-order valence-corrected chi connectivity index (χ3v) is 6.16. The zero-order valence-electron chi connectivity index (χ0n) is 16.4. The van der Waals surface area contributed by atoms with Crippen LogP contribution in [0.25, 0.3) is 43.1 Å². The zero-order valence-corrected chi connectivity index (χ0v) is 16.4. The molecule has 0 fully saturated rings. The molecule has 0 amide bonds. The Bertz CT molecular complexity index is 1440. The monoisotopic (exact) mass is 358 g/mol. The van der Waals surface area contributed by atoms with Crippen LogP contribution in [-0.2, 0) is 0 Å². The maximum Gasteiger partial charge on any atom is 0.0998 e. The summed E-state index contributed by atoms with van der Waals surface area (Å²) in [7, 11) is 0. The van der Waals surface area contributed by atoms with E-state index in [1.54, 1.807) is 0 Å². The van der Waals surface area contributed by atoms with Gasteiger partial charge in [-0.3, -0.25) is 0 Å². The van der Waals surface area contributed by atoms with Gasteiger partial charge in [0.05, 0.1) is 23.3 Å². The lowest BCUT2D eigenvalue weighted by Crippen LogP contribution is -1.97. The van der Waals surface area contributed by atoms with Crippen LogP contribution < -0.4 is 0 Å². The van der Waals surface area contributed by atoms with E-state index in [0.29, 0.717) is 11.1 Å². The zero-order chi connectivity index (χ0) is 19.7. The normalized spacial score (nSPS) is 11.5. The van der Waals surface area contributed by atoms with Crippen LogP contribution in [0.3, 0.4) is 0 Å². The summed E-state index contributed by atoms with van der Waals surface area (Å²) < 4.78 is 0. The summed E-state index contributed by atoms with van der Waals surface area (Å²) in [5, 5.41) is 28.6. The predicted molar refractivity (Wildman–Crippen MR) is 116 cm³/mol. The van der Waals surface area contributed by atoms with Gasteiger partial charge >= 0.3 is 0 Å². The minimum Gasteiger partial charge on any atom is -0.192 e. The largest absolute Gasteiger partial charge is 0.192 e. The molecule has 5 rings (SSSR count). The quantitative estimate of drug-likeness (QED) is 0.228. The average Bonchev–Trinajstić information content (AvgIpc) is 2.68. The first-order valence-electron chi connectivity index (χ1n) is 9.42. The molecule has 2 heteroatoms. The van der Waals surface area contributed by atoms with Gasteiger partial charge in [0, 0.05) is 10.8 Å². The number of nitrogens with zero attached hydrogens (tertiary/aromatic N) is 2. The van der Waals surface area contributed by atoms with Crippen LogP contribution in [0.1, 0.15) is 33.4 Å². The Labute approximate surface area is 163 Å². The lowest BCUT2D eigenvalue weighted by atomic mass is 9.82. The van der Waals surface area contributed by atoms with E-state index in [0.717, 1.165) is 43.4 Å². The fourth-order valence-corrected chi connectivity index (χ4v) is 5.09. The molecule has 5 aromatic carbocycles. The lowest BCUT2D eigenvalue weighted by Gasteiger charge is -2.20. The number of hydrogen-bond acceptors (Lipinski definition) is 2. The van der Waals surface area contributed by atoms with E-state index in [2.05, 4.69) is 64.1 Å². The van der Waals surface area contributed by atoms with Gasteiger partial charge in [-0.25, -0.2) is 0 Å². The van der Waals surface area contributed by atoms with Gasteiger partial charge in [-0.15, -0.1) is 0 Å². The Hall–Kier alpha value is -3.62. The molecule has 0 N–H and O–H groups in total. The Morgan fingerprint density at radius 1 is 0.500 bits per heavy atom. The van der Waals surface area contributed by atoms with E-state index in [9.17, 15) is 10.5 Å². The Balaban J connectivity index is 2.34. The number of hydrogen-bond donors (Lipinski definition) is 0. The lowest BCUT2D eigenvalue weighted by molar-refractivity contribution is 1.44. The van der Waals surface area contributed by atoms with Crippen molar-refractivity contribution >= 4 is 43.1 Å². The average molecular weight is 358 g/mol. The minimum atomic E-state index is 0.702. The van der Waals surface area contributed by atoms with Crippen molar-refractivity contribution in [2.24, 2.45) is 0 Å². The molecule has 0 bridgehead atoms. The van der Waals surface area contributed by atoms with Gasteiger partial charge < -0.3 is 0 Å². The topological polar surface area (TPSA) is 47.6 Å². The van der Waals surface area contributed by atoms with E-state index in [4.69, 9.17) is 0 Å². The SMILES string of the molecule is Cc1ccc2c3c(C#N)cc(C)c4c(C)ccc(c5c(C#N)cc(C)c1c25)c43. The van der Waals surface area contributed by atoms with E-state index < -0.39 is 0 Å². The minimum absolute atomic E-state index is 0.702. The number of rotatable bonds is 0. The molecule has 2 nitrogen and oxygen atoms in total. The maximum absolute atomic E-state index is 9.93. The number of nitriles is 2. The molecule has 0 aliphatic rings. The Kier molecular flexibility index (Phi) is 3.22. The van der Waals surface area contributed by atoms with E-state index in [-0.39, 0.29) is 0 Å². The molecule has 0 aromatic heterocycles. The molecular weight excluding hydrogens is 340 g/mol. The van der Waals surface area contributed by atoms with Gasteiger partial charge in [0.1, 0.15) is 0 Å². The van der Waals surface area contributed by atoms with E-state index >= 15 is 0 Å². The second kappa shape index (κ2) is 5.44. The number of fused-ring (bicyclic) bond motifs is 2. The molecule has 0 unspecified atom stereocenters. The summed E-state index contributed by atoms with van der Waals surface area (Å²) >= 11 is 0. The summed E-state index contributed by atoms with van der Waals surface area (Å²) in [5.41, 5.74) is 6.00. The van der Waals surface area contributed by atoms with Crippen molar-refractivity contribution in [2.45, 2.75) is 27.7 Å². The Morgan fingerprint density at radius 3 is 1.25 bits per heavy atom. The van der Waals surface area contributed by atoms with Gasteiger partial charge in [0.25, 0.3) is 0 Å². The van der Waals surface area contributed by atoms with E-state index in [1.807, 2.05) is 12.1 Å². The fourth-order valence-electron chi connectivity index (χ4n) is 5.09. The molecule has 0 saturated heterocycles. The second-order valence-corrected chi connectivity index (χ2v) is 7.82. The van der Waals surface area contributed by atoms with Crippen molar-refractivity contribution in [3.63, 3.8) is 0 Å². The molecule has 0 heterocycles. The van der Waals surface area contributed by atoms with Crippen LogP contribution in [0.2, 0.25) is 0 Å². The third kappa shape index (κ3) is 1.85. The fraction of sp³-hybridized carbons (Fsp3) is 0.154. The summed E-state index contributed by atoms with van der Waals surface area (Å²) in [5.74, 6) is 0. The van der Waals surface area contributed by atoms with Crippen molar-refractivity contribution in [2.75, 3.05) is 0 Å². The van der Waals surface area contributed by atoms with Gasteiger partial charge in [-0.2, -0.15) is 10.5 Å². The molecule has 0 atom stereocenters. The predicted octanol–water partition coefficient (Wildman–Crippen LogP) is 6.71. The van der Waals surface area contributed by atoms with Crippen molar-refractivity contribution in [3.8, 4) is 12.1 Å². The second-order valence-electron chi connectivity index (χ2n) is 7.82. The highest BCUT2D eigenvalue weighted by Gasteiger charge is 2.21. The molecular formula is C26H18N2. The van der Waals surface area contributed by atoms with Crippen molar-refractivity contribution in [1.82, 2.24) is 0 Å². The number of benzene rings is 5. The molecule has 0 aliphatic heterocycles. The summed E-state index contributed by atoms with van der Waals surface area (Å²) in [4.78, 5) is 0. The molecule has 0 radical (unpaired) electrons. The van der Waals surface area contributed by atoms with Crippen LogP contribution in [-0.4, -0.2) is 0 Å². The van der Waals surface area contributed by atoms with Crippen LogP contribution in [0, 0.1) is 50.4 Å². The first kappa shape index (κ1) is 16.5. The van der Waals surface area contributed by atoms with Crippen LogP contribution >= 0.6 is 0 Å². The summed E-state index contributed by atoms with van der Waals surface area (Å²) in [6, 6.07) is 17.4. The molecule has 5 aromatic rings. The van der Waals surface area contributed by atoms with Crippen LogP contribution in [0.15, 0.2) is 36.4 Å². The highest BCUT2D eigenvalue weighted by molar-refractivity contribution is 6.35. The van der Waals surface area contributed by atoms with Crippen molar-refractivity contribution < 1.29 is 0 Å². The van der Waals surface area contributed by atoms with E-state index in [1.165, 1.54) is 21.9 Å². The first-order valence-corrected chi connectivity index (χ1v) is 9.42. The molecule has 28 heavy (non-hydrogen) atoms. The highest BCUT2D eigenvalue weighted by Crippen LogP contribution is 2.45. The number of aryl methyl sites for hydroxylation is 4. The molecule has 132 valence electrons. The first-order chi connectivity index (χ1) is 13.5. The smallest absolute Gasteiger partial charge is 0.0998 e. The van der Waals surface area contributed by atoms with Gasteiger partial charge in [-0.05, 0) is 94.4 Å². The van der Waals surface area contributed by atoms with Gasteiger partial charge in [0.15, 0.2) is 0 Å². The van der Waals surface area contributed by atoms with Gasteiger partial charge in [0.2, 0.25) is 0 Å². The van der Waals surface area contributed by atoms with Crippen molar-refractivity contribution in [1.29, 1.82) is 10.5 Å².